The van der Waals surface area contributed by atoms with Crippen LogP contribution in [0.15, 0.2) is 22.3 Å². The monoisotopic (exact) mass is 280 g/mol. The van der Waals surface area contributed by atoms with Crippen LogP contribution < -0.4 is 10.9 Å². The predicted molar refractivity (Wildman–Crippen MR) is 75.6 cm³/mol. The standard InChI is InChI=1S/C12H16N4O2S/c1-2-18-7-4-6-13-12-14-11(17)10(15-16-12)9-5-3-8-19-9/h3,5,8H,2,4,6-7H2,1H3,(H2,13,14,16,17). The largest absolute Gasteiger partial charge is 0.382 e. The molecule has 0 amide bonds. The van der Waals surface area contributed by atoms with Crippen molar-refractivity contribution in [2.75, 3.05) is 25.1 Å². The fraction of sp³-hybridized carbons (Fsp3) is 0.417. The van der Waals surface area contributed by atoms with Crippen molar-refractivity contribution in [3.63, 3.8) is 0 Å². The van der Waals surface area contributed by atoms with Gasteiger partial charge >= 0.3 is 0 Å². The minimum Gasteiger partial charge on any atom is -0.382 e. The van der Waals surface area contributed by atoms with Gasteiger partial charge in [0.25, 0.3) is 5.56 Å². The summed E-state index contributed by atoms with van der Waals surface area (Å²) < 4.78 is 5.22. The Hall–Kier alpha value is -1.73. The molecule has 2 aromatic rings. The van der Waals surface area contributed by atoms with Gasteiger partial charge in [0.05, 0.1) is 4.88 Å². The molecule has 7 heteroatoms. The van der Waals surface area contributed by atoms with Gasteiger partial charge in [-0.25, -0.2) is 0 Å². The molecule has 0 fully saturated rings. The van der Waals surface area contributed by atoms with Crippen molar-refractivity contribution < 1.29 is 4.74 Å². The van der Waals surface area contributed by atoms with E-state index in [9.17, 15) is 4.79 Å². The fourth-order valence-corrected chi connectivity index (χ4v) is 2.22. The van der Waals surface area contributed by atoms with Crippen LogP contribution in [0.2, 0.25) is 0 Å². The van der Waals surface area contributed by atoms with Crippen molar-refractivity contribution in [3.8, 4) is 10.6 Å². The molecular weight excluding hydrogens is 264 g/mol. The van der Waals surface area contributed by atoms with Gasteiger partial charge in [-0.05, 0) is 24.8 Å². The fourth-order valence-electron chi connectivity index (χ4n) is 1.52. The Bertz CT molecular complexity index is 553. The SMILES string of the molecule is CCOCCCNc1nnc(-c2cccs2)c(=O)[nH]1. The summed E-state index contributed by atoms with van der Waals surface area (Å²) in [4.78, 5) is 15.4. The highest BCUT2D eigenvalue weighted by Gasteiger charge is 2.07. The first-order valence-electron chi connectivity index (χ1n) is 6.13. The molecule has 2 aromatic heterocycles. The van der Waals surface area contributed by atoms with Crippen LogP contribution in [0.5, 0.6) is 0 Å². The summed E-state index contributed by atoms with van der Waals surface area (Å²) in [7, 11) is 0. The number of H-pyrrole nitrogens is 1. The second kappa shape index (κ2) is 7.01. The average Bonchev–Trinajstić information content (AvgIpc) is 2.92. The average molecular weight is 280 g/mol. The highest BCUT2D eigenvalue weighted by molar-refractivity contribution is 7.13. The lowest BCUT2D eigenvalue weighted by molar-refractivity contribution is 0.147. The highest BCUT2D eigenvalue weighted by Crippen LogP contribution is 2.18. The van der Waals surface area contributed by atoms with Gasteiger partial charge in [0.1, 0.15) is 0 Å². The molecule has 0 aliphatic carbocycles. The minimum atomic E-state index is -0.232. The van der Waals surface area contributed by atoms with Gasteiger partial charge in [0.2, 0.25) is 5.95 Å². The van der Waals surface area contributed by atoms with E-state index in [1.807, 2.05) is 24.4 Å². The molecule has 0 saturated carbocycles. The second-order valence-corrected chi connectivity index (χ2v) is 4.75. The van der Waals surface area contributed by atoms with E-state index in [-0.39, 0.29) is 5.56 Å². The number of nitrogens with one attached hydrogen (secondary N) is 2. The van der Waals surface area contributed by atoms with Gasteiger partial charge < -0.3 is 10.1 Å². The van der Waals surface area contributed by atoms with E-state index >= 15 is 0 Å². The van der Waals surface area contributed by atoms with Crippen LogP contribution in [0, 0.1) is 0 Å². The lowest BCUT2D eigenvalue weighted by atomic mass is 10.4. The Kier molecular flexibility index (Phi) is 5.05. The maximum absolute atomic E-state index is 11.9. The normalized spacial score (nSPS) is 10.6. The zero-order valence-electron chi connectivity index (χ0n) is 10.7. The summed E-state index contributed by atoms with van der Waals surface area (Å²) in [6.45, 7) is 4.04. The van der Waals surface area contributed by atoms with Gasteiger partial charge in [-0.2, -0.15) is 0 Å². The summed E-state index contributed by atoms with van der Waals surface area (Å²) in [6, 6.07) is 3.72. The van der Waals surface area contributed by atoms with Gasteiger partial charge in [0, 0.05) is 19.8 Å². The Labute approximate surface area is 114 Å². The maximum atomic E-state index is 11.9. The number of thiophene rings is 1. The number of anilines is 1. The Morgan fingerprint density at radius 1 is 1.47 bits per heavy atom. The Balaban J connectivity index is 1.94. The molecule has 6 nitrogen and oxygen atoms in total. The third-order valence-corrected chi connectivity index (χ3v) is 3.29. The number of hydrogen-bond donors (Lipinski definition) is 2. The van der Waals surface area contributed by atoms with Crippen LogP contribution in [0.25, 0.3) is 10.6 Å². The molecule has 0 unspecified atom stereocenters. The summed E-state index contributed by atoms with van der Waals surface area (Å²) in [5, 5.41) is 12.8. The van der Waals surface area contributed by atoms with Crippen LogP contribution in [-0.2, 0) is 4.74 Å². The van der Waals surface area contributed by atoms with Crippen LogP contribution in [-0.4, -0.2) is 34.9 Å². The van der Waals surface area contributed by atoms with Crippen molar-refractivity contribution in [1.82, 2.24) is 15.2 Å². The molecule has 19 heavy (non-hydrogen) atoms. The smallest absolute Gasteiger partial charge is 0.279 e. The van der Waals surface area contributed by atoms with Crippen LogP contribution >= 0.6 is 11.3 Å². The molecule has 0 radical (unpaired) electrons. The maximum Gasteiger partial charge on any atom is 0.279 e. The number of aromatic nitrogens is 3. The molecule has 0 saturated heterocycles. The molecule has 2 N–H and O–H groups in total. The first kappa shape index (κ1) is 13.7. The topological polar surface area (TPSA) is 79.9 Å². The molecular formula is C12H16N4O2S. The molecule has 0 aliphatic rings. The minimum absolute atomic E-state index is 0.232. The van der Waals surface area contributed by atoms with E-state index in [4.69, 9.17) is 4.74 Å². The van der Waals surface area contributed by atoms with Gasteiger partial charge in [-0.1, -0.05) is 6.07 Å². The number of ether oxygens (including phenoxy) is 1. The van der Waals surface area contributed by atoms with Crippen LogP contribution in [0.4, 0.5) is 5.95 Å². The summed E-state index contributed by atoms with van der Waals surface area (Å²) in [6.07, 6.45) is 0.851. The zero-order chi connectivity index (χ0) is 13.5. The van der Waals surface area contributed by atoms with Crippen LogP contribution in [0.3, 0.4) is 0 Å². The molecule has 0 bridgehead atoms. The van der Waals surface area contributed by atoms with Crippen molar-refractivity contribution in [3.05, 3.63) is 27.9 Å². The van der Waals surface area contributed by atoms with E-state index < -0.39 is 0 Å². The van der Waals surface area contributed by atoms with E-state index in [1.165, 1.54) is 11.3 Å². The first-order chi connectivity index (χ1) is 9.31. The van der Waals surface area contributed by atoms with E-state index in [2.05, 4.69) is 20.5 Å². The summed E-state index contributed by atoms with van der Waals surface area (Å²) in [5.74, 6) is 0.391. The van der Waals surface area contributed by atoms with Crippen molar-refractivity contribution >= 4 is 17.3 Å². The Morgan fingerprint density at radius 3 is 3.05 bits per heavy atom. The Morgan fingerprint density at radius 2 is 2.37 bits per heavy atom. The molecule has 0 aromatic carbocycles. The molecule has 2 heterocycles. The molecule has 0 spiro atoms. The number of hydrogen-bond acceptors (Lipinski definition) is 6. The van der Waals surface area contributed by atoms with E-state index in [0.717, 1.165) is 11.3 Å². The third kappa shape index (κ3) is 3.87. The number of rotatable bonds is 7. The molecule has 102 valence electrons. The predicted octanol–water partition coefficient (Wildman–Crippen LogP) is 1.73. The summed E-state index contributed by atoms with van der Waals surface area (Å²) in [5.41, 5.74) is 0.125. The quantitative estimate of drug-likeness (QED) is 0.755. The van der Waals surface area contributed by atoms with Crippen LogP contribution in [0.1, 0.15) is 13.3 Å². The lowest BCUT2D eigenvalue weighted by Crippen LogP contribution is -2.17. The number of nitrogens with zero attached hydrogens (tertiary/aromatic N) is 2. The second-order valence-electron chi connectivity index (χ2n) is 3.81. The zero-order valence-corrected chi connectivity index (χ0v) is 11.5. The lowest BCUT2D eigenvalue weighted by Gasteiger charge is -2.04. The first-order valence-corrected chi connectivity index (χ1v) is 7.01. The molecule has 0 aliphatic heterocycles. The summed E-state index contributed by atoms with van der Waals surface area (Å²) >= 11 is 1.46. The van der Waals surface area contributed by atoms with Gasteiger partial charge in [-0.3, -0.25) is 9.78 Å². The van der Waals surface area contributed by atoms with E-state index in [1.54, 1.807) is 0 Å². The van der Waals surface area contributed by atoms with Gasteiger partial charge in [0.15, 0.2) is 5.69 Å². The molecule has 2 rings (SSSR count). The highest BCUT2D eigenvalue weighted by atomic mass is 32.1. The molecule has 0 atom stereocenters. The van der Waals surface area contributed by atoms with Crippen molar-refractivity contribution in [2.24, 2.45) is 0 Å². The van der Waals surface area contributed by atoms with Crippen molar-refractivity contribution in [1.29, 1.82) is 0 Å². The van der Waals surface area contributed by atoms with Crippen molar-refractivity contribution in [2.45, 2.75) is 13.3 Å². The van der Waals surface area contributed by atoms with E-state index in [0.29, 0.717) is 31.4 Å². The number of aromatic amines is 1. The van der Waals surface area contributed by atoms with Gasteiger partial charge in [-0.15, -0.1) is 21.5 Å². The third-order valence-electron chi connectivity index (χ3n) is 2.41.